The van der Waals surface area contributed by atoms with Gasteiger partial charge in [-0.15, -0.1) is 0 Å². The van der Waals surface area contributed by atoms with Gasteiger partial charge in [0.2, 0.25) is 5.91 Å². The molecule has 0 aliphatic carbocycles. The summed E-state index contributed by atoms with van der Waals surface area (Å²) in [5.41, 5.74) is 1.83. The van der Waals surface area contributed by atoms with E-state index in [2.05, 4.69) is 10.5 Å². The fraction of sp³-hybridized carbons (Fsp3) is 0.476. The SMILES string of the molecule is Cc1noc(C)c1C(=O)NC(C)C(=O)N1Cc2ccccc2OCC1CN(C)C. The Bertz CT molecular complexity index is 873. The van der Waals surface area contributed by atoms with E-state index in [4.69, 9.17) is 9.26 Å². The normalized spacial score (nSPS) is 17.3. The number of ether oxygens (including phenoxy) is 1. The van der Waals surface area contributed by atoms with Gasteiger partial charge < -0.3 is 24.4 Å². The summed E-state index contributed by atoms with van der Waals surface area (Å²) in [6.07, 6.45) is 0. The average molecular weight is 400 g/mol. The Hall–Kier alpha value is -2.87. The average Bonchev–Trinajstić information content (AvgIpc) is 2.90. The molecule has 0 saturated carbocycles. The van der Waals surface area contributed by atoms with Crippen molar-refractivity contribution in [3.05, 3.63) is 46.8 Å². The van der Waals surface area contributed by atoms with Crippen LogP contribution < -0.4 is 10.1 Å². The van der Waals surface area contributed by atoms with Crippen molar-refractivity contribution in [3.63, 3.8) is 0 Å². The molecule has 0 bridgehead atoms. The molecular formula is C21H28N4O4. The van der Waals surface area contributed by atoms with E-state index >= 15 is 0 Å². The van der Waals surface area contributed by atoms with Crippen molar-refractivity contribution < 1.29 is 18.8 Å². The van der Waals surface area contributed by atoms with Crippen molar-refractivity contribution in [2.45, 2.75) is 39.4 Å². The first kappa shape index (κ1) is 20.9. The van der Waals surface area contributed by atoms with Gasteiger partial charge >= 0.3 is 0 Å². The lowest BCUT2D eigenvalue weighted by Gasteiger charge is -2.33. The van der Waals surface area contributed by atoms with Gasteiger partial charge in [-0.1, -0.05) is 23.4 Å². The zero-order valence-corrected chi connectivity index (χ0v) is 17.6. The van der Waals surface area contributed by atoms with Crippen molar-refractivity contribution in [1.82, 2.24) is 20.3 Å². The molecular weight excluding hydrogens is 372 g/mol. The molecule has 2 amide bonds. The summed E-state index contributed by atoms with van der Waals surface area (Å²) < 4.78 is 11.0. The maximum Gasteiger partial charge on any atom is 0.257 e. The Kier molecular flexibility index (Phi) is 6.22. The van der Waals surface area contributed by atoms with E-state index in [0.29, 0.717) is 36.7 Å². The van der Waals surface area contributed by atoms with Crippen LogP contribution in [0.3, 0.4) is 0 Å². The lowest BCUT2D eigenvalue weighted by Crippen LogP contribution is -2.53. The lowest BCUT2D eigenvalue weighted by atomic mass is 10.1. The van der Waals surface area contributed by atoms with Crippen LogP contribution >= 0.6 is 0 Å². The number of carbonyl (C=O) groups excluding carboxylic acids is 2. The molecule has 0 radical (unpaired) electrons. The molecule has 3 rings (SSSR count). The maximum absolute atomic E-state index is 13.3. The predicted octanol–water partition coefficient (Wildman–Crippen LogP) is 1.76. The van der Waals surface area contributed by atoms with Crippen molar-refractivity contribution in [1.29, 1.82) is 0 Å². The van der Waals surface area contributed by atoms with Crippen LogP contribution in [0.2, 0.25) is 0 Å². The molecule has 0 fully saturated rings. The number of hydrogen-bond acceptors (Lipinski definition) is 6. The number of rotatable bonds is 5. The maximum atomic E-state index is 13.3. The molecule has 2 aromatic rings. The molecule has 2 unspecified atom stereocenters. The van der Waals surface area contributed by atoms with Crippen LogP contribution in [-0.4, -0.2) is 66.1 Å². The quantitative estimate of drug-likeness (QED) is 0.823. The molecule has 156 valence electrons. The predicted molar refractivity (Wildman–Crippen MR) is 108 cm³/mol. The number of nitrogens with one attached hydrogen (secondary N) is 1. The van der Waals surface area contributed by atoms with Crippen molar-refractivity contribution >= 4 is 11.8 Å². The molecule has 1 aliphatic rings. The van der Waals surface area contributed by atoms with E-state index in [0.717, 1.165) is 11.3 Å². The second-order valence-electron chi connectivity index (χ2n) is 7.70. The molecule has 1 N–H and O–H groups in total. The molecule has 29 heavy (non-hydrogen) atoms. The third kappa shape index (κ3) is 4.59. The van der Waals surface area contributed by atoms with E-state index in [9.17, 15) is 9.59 Å². The van der Waals surface area contributed by atoms with Crippen LogP contribution in [0.25, 0.3) is 0 Å². The lowest BCUT2D eigenvalue weighted by molar-refractivity contribution is -0.136. The molecule has 1 aromatic heterocycles. The number of aromatic nitrogens is 1. The second kappa shape index (κ2) is 8.65. The highest BCUT2D eigenvalue weighted by Gasteiger charge is 2.32. The van der Waals surface area contributed by atoms with Gasteiger partial charge in [-0.2, -0.15) is 0 Å². The van der Waals surface area contributed by atoms with Crippen molar-refractivity contribution in [2.24, 2.45) is 0 Å². The minimum Gasteiger partial charge on any atom is -0.491 e. The van der Waals surface area contributed by atoms with Gasteiger partial charge in [0, 0.05) is 18.7 Å². The smallest absolute Gasteiger partial charge is 0.257 e. The number of hydrogen-bond donors (Lipinski definition) is 1. The van der Waals surface area contributed by atoms with E-state index in [1.807, 2.05) is 43.3 Å². The van der Waals surface area contributed by atoms with Crippen molar-refractivity contribution in [3.8, 4) is 5.75 Å². The Morgan fingerprint density at radius 3 is 2.69 bits per heavy atom. The number of benzene rings is 1. The first-order chi connectivity index (χ1) is 13.8. The van der Waals surface area contributed by atoms with Crippen LogP contribution in [-0.2, 0) is 11.3 Å². The van der Waals surface area contributed by atoms with E-state index < -0.39 is 6.04 Å². The monoisotopic (exact) mass is 400 g/mol. The van der Waals surface area contributed by atoms with Gasteiger partial charge in [0.15, 0.2) is 0 Å². The van der Waals surface area contributed by atoms with Gasteiger partial charge in [-0.3, -0.25) is 9.59 Å². The highest BCUT2D eigenvalue weighted by Crippen LogP contribution is 2.25. The summed E-state index contributed by atoms with van der Waals surface area (Å²) >= 11 is 0. The van der Waals surface area contributed by atoms with Gasteiger partial charge in [-0.25, -0.2) is 0 Å². The first-order valence-corrected chi connectivity index (χ1v) is 9.67. The highest BCUT2D eigenvalue weighted by atomic mass is 16.5. The van der Waals surface area contributed by atoms with Crippen LogP contribution in [0.4, 0.5) is 0 Å². The number of fused-ring (bicyclic) bond motifs is 1. The van der Waals surface area contributed by atoms with Gasteiger partial charge in [0.1, 0.15) is 29.7 Å². The third-order valence-electron chi connectivity index (χ3n) is 5.02. The minimum absolute atomic E-state index is 0.136. The minimum atomic E-state index is -0.703. The van der Waals surface area contributed by atoms with Gasteiger partial charge in [-0.05, 0) is 40.9 Å². The molecule has 1 aliphatic heterocycles. The topological polar surface area (TPSA) is 87.9 Å². The highest BCUT2D eigenvalue weighted by molar-refractivity contribution is 5.98. The number of para-hydroxylation sites is 1. The summed E-state index contributed by atoms with van der Waals surface area (Å²) in [5, 5.41) is 6.60. The van der Waals surface area contributed by atoms with E-state index in [-0.39, 0.29) is 17.9 Å². The van der Waals surface area contributed by atoms with Gasteiger partial charge in [0.25, 0.3) is 5.91 Å². The Labute approximate surface area is 170 Å². The molecule has 1 aromatic carbocycles. The summed E-state index contributed by atoms with van der Waals surface area (Å²) in [7, 11) is 3.92. The van der Waals surface area contributed by atoms with Crippen LogP contribution in [0.5, 0.6) is 5.75 Å². The fourth-order valence-electron chi connectivity index (χ4n) is 3.58. The molecule has 2 atom stereocenters. The zero-order chi connectivity index (χ0) is 21.1. The van der Waals surface area contributed by atoms with Crippen molar-refractivity contribution in [2.75, 3.05) is 27.2 Å². The number of nitrogens with zero attached hydrogens (tertiary/aromatic N) is 3. The van der Waals surface area contributed by atoms with Crippen LogP contribution in [0, 0.1) is 13.8 Å². The third-order valence-corrected chi connectivity index (χ3v) is 5.02. The number of aryl methyl sites for hydroxylation is 2. The second-order valence-corrected chi connectivity index (χ2v) is 7.70. The standard InChI is InChI=1S/C21H28N4O4/c1-13-19(15(3)29-23-13)20(26)22-14(2)21(27)25-10-16-8-6-7-9-18(16)28-12-17(25)11-24(4)5/h6-9,14,17H,10-12H2,1-5H3,(H,22,26). The summed E-state index contributed by atoms with van der Waals surface area (Å²) in [6, 6.07) is 6.89. The molecule has 8 nitrogen and oxygen atoms in total. The Morgan fingerprint density at radius 1 is 1.31 bits per heavy atom. The largest absolute Gasteiger partial charge is 0.491 e. The fourth-order valence-corrected chi connectivity index (χ4v) is 3.58. The molecule has 8 heteroatoms. The van der Waals surface area contributed by atoms with E-state index in [1.165, 1.54) is 0 Å². The van der Waals surface area contributed by atoms with E-state index in [1.54, 1.807) is 25.7 Å². The molecule has 2 heterocycles. The zero-order valence-electron chi connectivity index (χ0n) is 17.6. The summed E-state index contributed by atoms with van der Waals surface area (Å²) in [5.74, 6) is 0.705. The molecule has 0 saturated heterocycles. The Balaban J connectivity index is 1.80. The van der Waals surface area contributed by atoms with Crippen LogP contribution in [0.15, 0.2) is 28.8 Å². The first-order valence-electron chi connectivity index (χ1n) is 9.67. The Morgan fingerprint density at radius 2 is 2.03 bits per heavy atom. The number of likely N-dealkylation sites (N-methyl/N-ethyl adjacent to an activating group) is 1. The van der Waals surface area contributed by atoms with Crippen LogP contribution in [0.1, 0.15) is 34.3 Å². The number of carbonyl (C=O) groups is 2. The molecule has 0 spiro atoms. The number of amides is 2. The summed E-state index contributed by atoms with van der Waals surface area (Å²) in [6.45, 7) is 6.56. The summed E-state index contributed by atoms with van der Waals surface area (Å²) in [4.78, 5) is 29.8. The van der Waals surface area contributed by atoms with Gasteiger partial charge in [0.05, 0.1) is 11.7 Å².